The Balaban J connectivity index is 1.73. The number of hydrogen-bond acceptors (Lipinski definition) is 5. The predicted molar refractivity (Wildman–Crippen MR) is 110 cm³/mol. The molecule has 0 unspecified atom stereocenters. The molecule has 0 aromatic heterocycles. The Hall–Kier alpha value is -2.26. The van der Waals surface area contributed by atoms with Crippen molar-refractivity contribution in [1.29, 1.82) is 0 Å². The standard InChI is InChI=1S/C19H21BrN2O5S/c1-13(14-7-8-17-18(11-14)27-10-9-26-17)21-19(23)12-22(28(2,24)25)16-6-4-3-5-15(16)20/h3-8,11,13H,9-10,12H2,1-2H3,(H,21,23)/t13-/m1/s1. The summed E-state index contributed by atoms with van der Waals surface area (Å²) in [5.41, 5.74) is 1.25. The number of nitrogens with zero attached hydrogens (tertiary/aromatic N) is 1. The van der Waals surface area contributed by atoms with Gasteiger partial charge in [0.1, 0.15) is 19.8 Å². The third-order valence-electron chi connectivity index (χ3n) is 4.25. The van der Waals surface area contributed by atoms with Gasteiger partial charge in [-0.05, 0) is 52.7 Å². The highest BCUT2D eigenvalue weighted by atomic mass is 79.9. The topological polar surface area (TPSA) is 84.9 Å². The Labute approximate surface area is 172 Å². The number of rotatable bonds is 6. The van der Waals surface area contributed by atoms with E-state index in [0.29, 0.717) is 34.9 Å². The van der Waals surface area contributed by atoms with Crippen LogP contribution in [0.5, 0.6) is 11.5 Å². The molecule has 1 aliphatic rings. The molecule has 9 heteroatoms. The van der Waals surface area contributed by atoms with Crippen LogP contribution in [-0.2, 0) is 14.8 Å². The van der Waals surface area contributed by atoms with Crippen LogP contribution in [0.2, 0.25) is 0 Å². The summed E-state index contributed by atoms with van der Waals surface area (Å²) in [6.45, 7) is 2.49. The van der Waals surface area contributed by atoms with Crippen molar-refractivity contribution in [2.75, 3.05) is 30.3 Å². The molecule has 1 aliphatic heterocycles. The highest BCUT2D eigenvalue weighted by Crippen LogP contribution is 2.32. The molecule has 0 fully saturated rings. The lowest BCUT2D eigenvalue weighted by Gasteiger charge is -2.24. The van der Waals surface area contributed by atoms with E-state index in [1.54, 1.807) is 30.3 Å². The molecule has 2 aromatic carbocycles. The second-order valence-electron chi connectivity index (χ2n) is 6.41. The van der Waals surface area contributed by atoms with E-state index in [1.807, 2.05) is 19.1 Å². The van der Waals surface area contributed by atoms with Crippen LogP contribution in [-0.4, -0.2) is 40.3 Å². The lowest BCUT2D eigenvalue weighted by molar-refractivity contribution is -0.120. The number of benzene rings is 2. The van der Waals surface area contributed by atoms with Crippen molar-refractivity contribution in [1.82, 2.24) is 5.32 Å². The number of halogens is 1. The number of carbonyl (C=O) groups is 1. The number of fused-ring (bicyclic) bond motifs is 1. The second-order valence-corrected chi connectivity index (χ2v) is 9.17. The molecular formula is C19H21BrN2O5S. The first kappa shape index (κ1) is 20.5. The van der Waals surface area contributed by atoms with Gasteiger partial charge in [-0.2, -0.15) is 0 Å². The van der Waals surface area contributed by atoms with Crippen LogP contribution in [0.25, 0.3) is 0 Å². The van der Waals surface area contributed by atoms with E-state index in [4.69, 9.17) is 9.47 Å². The van der Waals surface area contributed by atoms with Gasteiger partial charge in [0, 0.05) is 4.47 Å². The highest BCUT2D eigenvalue weighted by molar-refractivity contribution is 9.10. The van der Waals surface area contributed by atoms with E-state index in [-0.39, 0.29) is 12.6 Å². The molecule has 1 heterocycles. The SMILES string of the molecule is C[C@@H](NC(=O)CN(c1ccccc1Br)S(C)(=O)=O)c1ccc2c(c1)OCCO2. The molecular weight excluding hydrogens is 448 g/mol. The van der Waals surface area contributed by atoms with Gasteiger partial charge in [0.25, 0.3) is 0 Å². The number of nitrogens with one attached hydrogen (secondary N) is 1. The number of sulfonamides is 1. The minimum Gasteiger partial charge on any atom is -0.486 e. The van der Waals surface area contributed by atoms with E-state index in [2.05, 4.69) is 21.2 Å². The first-order valence-electron chi connectivity index (χ1n) is 8.67. The number of carbonyl (C=O) groups excluding carboxylic acids is 1. The van der Waals surface area contributed by atoms with Gasteiger partial charge in [-0.3, -0.25) is 9.10 Å². The largest absolute Gasteiger partial charge is 0.486 e. The summed E-state index contributed by atoms with van der Waals surface area (Å²) in [5, 5.41) is 2.84. The molecule has 0 saturated carbocycles. The smallest absolute Gasteiger partial charge is 0.241 e. The van der Waals surface area contributed by atoms with E-state index in [1.165, 1.54) is 0 Å². The van der Waals surface area contributed by atoms with Gasteiger partial charge in [-0.1, -0.05) is 18.2 Å². The first-order chi connectivity index (χ1) is 13.3. The van der Waals surface area contributed by atoms with Crippen molar-refractivity contribution in [3.8, 4) is 11.5 Å². The summed E-state index contributed by atoms with van der Waals surface area (Å²) in [4.78, 5) is 12.6. The maximum atomic E-state index is 12.6. The van der Waals surface area contributed by atoms with Gasteiger partial charge in [0.2, 0.25) is 15.9 Å². The van der Waals surface area contributed by atoms with Crippen LogP contribution < -0.4 is 19.1 Å². The minimum absolute atomic E-state index is 0.323. The van der Waals surface area contributed by atoms with Crippen LogP contribution in [0, 0.1) is 0 Å². The molecule has 1 atom stereocenters. The van der Waals surface area contributed by atoms with Crippen molar-refractivity contribution < 1.29 is 22.7 Å². The molecule has 1 amide bonds. The molecule has 7 nitrogen and oxygen atoms in total. The maximum absolute atomic E-state index is 12.6. The monoisotopic (exact) mass is 468 g/mol. The zero-order chi connectivity index (χ0) is 20.3. The summed E-state index contributed by atoms with van der Waals surface area (Å²) in [5.74, 6) is 0.894. The fourth-order valence-electron chi connectivity index (χ4n) is 2.87. The summed E-state index contributed by atoms with van der Waals surface area (Å²) in [7, 11) is -3.64. The molecule has 2 aromatic rings. The predicted octanol–water partition coefficient (Wildman–Crippen LogP) is 2.86. The lowest BCUT2D eigenvalue weighted by atomic mass is 10.1. The summed E-state index contributed by atoms with van der Waals surface area (Å²) in [6.07, 6.45) is 1.07. The molecule has 1 N–H and O–H groups in total. The van der Waals surface area contributed by atoms with Crippen molar-refractivity contribution in [2.24, 2.45) is 0 Å². The second kappa shape index (κ2) is 8.40. The first-order valence-corrected chi connectivity index (χ1v) is 11.3. The Morgan fingerprint density at radius 2 is 1.86 bits per heavy atom. The highest BCUT2D eigenvalue weighted by Gasteiger charge is 2.24. The summed E-state index contributed by atoms with van der Waals surface area (Å²) < 4.78 is 37.2. The summed E-state index contributed by atoms with van der Waals surface area (Å²) >= 11 is 3.34. The maximum Gasteiger partial charge on any atom is 0.241 e. The minimum atomic E-state index is -3.64. The fraction of sp³-hybridized carbons (Fsp3) is 0.316. The van der Waals surface area contributed by atoms with Crippen molar-refractivity contribution in [2.45, 2.75) is 13.0 Å². The lowest BCUT2D eigenvalue weighted by Crippen LogP contribution is -2.41. The molecule has 3 rings (SSSR count). The van der Waals surface area contributed by atoms with Gasteiger partial charge in [0.15, 0.2) is 11.5 Å². The molecule has 0 aliphatic carbocycles. The van der Waals surface area contributed by atoms with Crippen molar-refractivity contribution >= 4 is 37.5 Å². The average molecular weight is 469 g/mol. The van der Waals surface area contributed by atoms with Crippen molar-refractivity contribution in [3.63, 3.8) is 0 Å². The molecule has 0 spiro atoms. The van der Waals surface area contributed by atoms with Gasteiger partial charge >= 0.3 is 0 Å². The van der Waals surface area contributed by atoms with Crippen LogP contribution in [0.15, 0.2) is 46.9 Å². The zero-order valence-electron chi connectivity index (χ0n) is 15.5. The third-order valence-corrected chi connectivity index (χ3v) is 6.05. The van der Waals surface area contributed by atoms with Gasteiger partial charge in [0.05, 0.1) is 18.0 Å². The Morgan fingerprint density at radius 3 is 2.54 bits per heavy atom. The Bertz CT molecular complexity index is 980. The van der Waals surface area contributed by atoms with E-state index in [0.717, 1.165) is 16.1 Å². The van der Waals surface area contributed by atoms with Gasteiger partial charge in [-0.25, -0.2) is 8.42 Å². The van der Waals surface area contributed by atoms with Crippen molar-refractivity contribution in [3.05, 3.63) is 52.5 Å². The average Bonchev–Trinajstić information content (AvgIpc) is 2.65. The number of hydrogen-bond donors (Lipinski definition) is 1. The molecule has 0 radical (unpaired) electrons. The van der Waals surface area contributed by atoms with Crippen LogP contribution in [0.1, 0.15) is 18.5 Å². The number of anilines is 1. The zero-order valence-corrected chi connectivity index (χ0v) is 17.9. The summed E-state index contributed by atoms with van der Waals surface area (Å²) in [6, 6.07) is 12.0. The van der Waals surface area contributed by atoms with Gasteiger partial charge in [-0.15, -0.1) is 0 Å². The molecule has 150 valence electrons. The fourth-order valence-corrected chi connectivity index (χ4v) is 4.35. The number of para-hydroxylation sites is 1. The van der Waals surface area contributed by atoms with E-state index < -0.39 is 15.9 Å². The molecule has 0 saturated heterocycles. The van der Waals surface area contributed by atoms with E-state index >= 15 is 0 Å². The van der Waals surface area contributed by atoms with E-state index in [9.17, 15) is 13.2 Å². The van der Waals surface area contributed by atoms with Gasteiger partial charge < -0.3 is 14.8 Å². The molecule has 0 bridgehead atoms. The Morgan fingerprint density at radius 1 is 1.18 bits per heavy atom. The normalized spacial score (nSPS) is 14.2. The van der Waals surface area contributed by atoms with Crippen LogP contribution >= 0.6 is 15.9 Å². The number of ether oxygens (including phenoxy) is 2. The number of amides is 1. The third kappa shape index (κ3) is 4.77. The Kier molecular flexibility index (Phi) is 6.14. The molecule has 28 heavy (non-hydrogen) atoms. The van der Waals surface area contributed by atoms with Crippen LogP contribution in [0.3, 0.4) is 0 Å². The van der Waals surface area contributed by atoms with Crippen LogP contribution in [0.4, 0.5) is 5.69 Å². The quantitative estimate of drug-likeness (QED) is 0.704.